The first-order valence-corrected chi connectivity index (χ1v) is 11.6. The van der Waals surface area contributed by atoms with E-state index in [9.17, 15) is 9.59 Å². The fourth-order valence-corrected chi connectivity index (χ4v) is 4.84. The van der Waals surface area contributed by atoms with E-state index in [2.05, 4.69) is 31.0 Å². The Morgan fingerprint density at radius 2 is 1.70 bits per heavy atom. The van der Waals surface area contributed by atoms with Gasteiger partial charge in [-0.2, -0.15) is 0 Å². The Kier molecular flexibility index (Phi) is 9.11. The molecule has 30 heavy (non-hydrogen) atoms. The molecule has 2 heterocycles. The molecular weight excluding hydrogens is 400 g/mol. The van der Waals surface area contributed by atoms with E-state index in [0.717, 1.165) is 29.4 Å². The second-order valence-electron chi connectivity index (χ2n) is 7.22. The second kappa shape index (κ2) is 11.3. The number of hydrogen-bond donors (Lipinski definition) is 1. The van der Waals surface area contributed by atoms with Crippen LogP contribution in [0.3, 0.4) is 0 Å². The normalized spacial score (nSPS) is 17.8. The molecule has 0 saturated carbocycles. The molecule has 0 amide bonds. The molecular formula is C23H34N2O4S. The molecule has 166 valence electrons. The molecule has 1 aliphatic heterocycles. The number of rotatable bonds is 10. The van der Waals surface area contributed by atoms with Gasteiger partial charge in [0.05, 0.1) is 30.3 Å². The molecule has 1 aromatic rings. The van der Waals surface area contributed by atoms with Crippen molar-refractivity contribution in [1.82, 2.24) is 10.2 Å². The number of nitrogens with zero attached hydrogens (tertiary/aromatic N) is 1. The zero-order valence-electron chi connectivity index (χ0n) is 18.9. The first kappa shape index (κ1) is 24.2. The van der Waals surface area contributed by atoms with Gasteiger partial charge in [-0.15, -0.1) is 11.3 Å². The Bertz CT molecular complexity index is 794. The highest BCUT2D eigenvalue weighted by Gasteiger charge is 2.39. The molecule has 2 atom stereocenters. The summed E-state index contributed by atoms with van der Waals surface area (Å²) in [4.78, 5) is 29.3. The summed E-state index contributed by atoms with van der Waals surface area (Å²) >= 11 is 1.52. The summed E-state index contributed by atoms with van der Waals surface area (Å²) in [6, 6.07) is 4.12. The molecule has 0 fully saturated rings. The Hall–Kier alpha value is -2.12. The first-order chi connectivity index (χ1) is 14.4. The lowest BCUT2D eigenvalue weighted by atomic mass is 9.83. The van der Waals surface area contributed by atoms with E-state index in [1.807, 2.05) is 24.4 Å². The van der Waals surface area contributed by atoms with Crippen LogP contribution in [0, 0.1) is 0 Å². The number of esters is 2. The SMILES string of the molecule is CCOC(=O)C1=C(C)NC(CC(C)N(CC)CC)=C(C(=O)OCC)C1c1cccs1. The Labute approximate surface area is 183 Å². The third-order valence-corrected chi connectivity index (χ3v) is 6.34. The maximum atomic E-state index is 13.1. The van der Waals surface area contributed by atoms with Crippen molar-refractivity contribution in [1.29, 1.82) is 0 Å². The highest BCUT2D eigenvalue weighted by Crippen LogP contribution is 2.42. The van der Waals surface area contributed by atoms with Gasteiger partial charge in [0.1, 0.15) is 0 Å². The highest BCUT2D eigenvalue weighted by atomic mass is 32.1. The largest absolute Gasteiger partial charge is 0.463 e. The van der Waals surface area contributed by atoms with Gasteiger partial charge in [0.25, 0.3) is 0 Å². The van der Waals surface area contributed by atoms with Gasteiger partial charge in [-0.25, -0.2) is 9.59 Å². The molecule has 0 saturated heterocycles. The quantitative estimate of drug-likeness (QED) is 0.557. The number of carbonyl (C=O) groups is 2. The monoisotopic (exact) mass is 434 g/mol. The number of hydrogen-bond acceptors (Lipinski definition) is 7. The molecule has 2 rings (SSSR count). The zero-order chi connectivity index (χ0) is 22.3. The van der Waals surface area contributed by atoms with E-state index in [0.29, 0.717) is 17.6 Å². The first-order valence-electron chi connectivity index (χ1n) is 10.7. The van der Waals surface area contributed by atoms with Gasteiger partial charge in [-0.3, -0.25) is 0 Å². The van der Waals surface area contributed by atoms with Crippen LogP contribution in [0.5, 0.6) is 0 Å². The summed E-state index contributed by atoms with van der Waals surface area (Å²) in [7, 11) is 0. The van der Waals surface area contributed by atoms with Crippen LogP contribution in [0.25, 0.3) is 0 Å². The molecule has 0 spiro atoms. The van der Waals surface area contributed by atoms with E-state index in [-0.39, 0.29) is 25.2 Å². The van der Waals surface area contributed by atoms with Crippen LogP contribution >= 0.6 is 11.3 Å². The van der Waals surface area contributed by atoms with Gasteiger partial charge in [-0.1, -0.05) is 19.9 Å². The van der Waals surface area contributed by atoms with E-state index in [1.165, 1.54) is 11.3 Å². The number of thiophene rings is 1. The Balaban J connectivity index is 2.60. The molecule has 1 N–H and O–H groups in total. The third kappa shape index (κ3) is 5.32. The maximum absolute atomic E-state index is 13.1. The molecule has 1 aromatic heterocycles. The minimum Gasteiger partial charge on any atom is -0.463 e. The molecule has 2 unspecified atom stereocenters. The predicted molar refractivity (Wildman–Crippen MR) is 120 cm³/mol. The van der Waals surface area contributed by atoms with Gasteiger partial charge in [0.15, 0.2) is 0 Å². The highest BCUT2D eigenvalue weighted by molar-refractivity contribution is 7.10. The number of carbonyl (C=O) groups excluding carboxylic acids is 2. The molecule has 7 heteroatoms. The summed E-state index contributed by atoms with van der Waals surface area (Å²) in [5.74, 6) is -1.29. The number of dihydropyridines is 1. The van der Waals surface area contributed by atoms with Crippen LogP contribution < -0.4 is 5.32 Å². The molecule has 1 aliphatic rings. The van der Waals surface area contributed by atoms with Gasteiger partial charge >= 0.3 is 11.9 Å². The van der Waals surface area contributed by atoms with Crippen molar-refractivity contribution in [2.75, 3.05) is 26.3 Å². The van der Waals surface area contributed by atoms with Gasteiger partial charge in [0, 0.05) is 28.7 Å². The zero-order valence-corrected chi connectivity index (χ0v) is 19.7. The fourth-order valence-electron chi connectivity index (χ4n) is 4.00. The van der Waals surface area contributed by atoms with Gasteiger partial charge in [0.2, 0.25) is 0 Å². The molecule has 0 aromatic carbocycles. The van der Waals surface area contributed by atoms with E-state index < -0.39 is 11.9 Å². The lowest BCUT2D eigenvalue weighted by molar-refractivity contribution is -0.139. The minimum absolute atomic E-state index is 0.229. The van der Waals surface area contributed by atoms with Crippen molar-refractivity contribution in [3.8, 4) is 0 Å². The topological polar surface area (TPSA) is 67.9 Å². The second-order valence-corrected chi connectivity index (χ2v) is 8.20. The average molecular weight is 435 g/mol. The van der Waals surface area contributed by atoms with E-state index in [1.54, 1.807) is 13.8 Å². The standard InChI is InChI=1S/C23H34N2O4S/c1-7-25(8-2)15(5)14-17-20(23(27)29-10-4)21(18-12-11-13-30-18)19(16(6)24-17)22(26)28-9-3/h11-13,15,21,24H,7-10,14H2,1-6H3. The van der Waals surface area contributed by atoms with Gasteiger partial charge in [-0.05, 0) is 52.2 Å². The lowest BCUT2D eigenvalue weighted by Crippen LogP contribution is -2.38. The van der Waals surface area contributed by atoms with Crippen LogP contribution in [0.2, 0.25) is 0 Å². The summed E-state index contributed by atoms with van der Waals surface area (Å²) in [6.07, 6.45) is 0.658. The van der Waals surface area contributed by atoms with Crippen molar-refractivity contribution < 1.29 is 19.1 Å². The van der Waals surface area contributed by atoms with Crippen molar-refractivity contribution in [3.63, 3.8) is 0 Å². The van der Waals surface area contributed by atoms with Crippen LogP contribution in [0.4, 0.5) is 0 Å². The molecule has 0 radical (unpaired) electrons. The molecule has 0 aliphatic carbocycles. The number of ether oxygens (including phenoxy) is 2. The number of nitrogens with one attached hydrogen (secondary N) is 1. The lowest BCUT2D eigenvalue weighted by Gasteiger charge is -2.34. The van der Waals surface area contributed by atoms with Crippen LogP contribution in [0.15, 0.2) is 40.1 Å². The van der Waals surface area contributed by atoms with Crippen LogP contribution in [-0.2, 0) is 19.1 Å². The summed E-state index contributed by atoms with van der Waals surface area (Å²) in [5, 5.41) is 5.31. The minimum atomic E-state index is -0.497. The smallest absolute Gasteiger partial charge is 0.336 e. The van der Waals surface area contributed by atoms with Crippen LogP contribution in [0.1, 0.15) is 58.8 Å². The summed E-state index contributed by atoms with van der Waals surface area (Å²) < 4.78 is 10.8. The molecule has 6 nitrogen and oxygen atoms in total. The molecule has 0 bridgehead atoms. The summed E-state index contributed by atoms with van der Waals surface area (Å²) in [5.41, 5.74) is 2.52. The number of allylic oxidation sites excluding steroid dienone is 1. The Morgan fingerprint density at radius 1 is 1.10 bits per heavy atom. The van der Waals surface area contributed by atoms with Gasteiger partial charge < -0.3 is 19.7 Å². The third-order valence-electron chi connectivity index (χ3n) is 5.40. The van der Waals surface area contributed by atoms with Crippen molar-refractivity contribution in [2.45, 2.75) is 59.9 Å². The average Bonchev–Trinajstić information content (AvgIpc) is 3.23. The fraction of sp³-hybridized carbons (Fsp3) is 0.565. The van der Waals surface area contributed by atoms with E-state index >= 15 is 0 Å². The van der Waals surface area contributed by atoms with Crippen molar-refractivity contribution in [3.05, 3.63) is 44.9 Å². The van der Waals surface area contributed by atoms with Crippen molar-refractivity contribution >= 4 is 23.3 Å². The van der Waals surface area contributed by atoms with Crippen LogP contribution in [-0.4, -0.2) is 49.2 Å². The van der Waals surface area contributed by atoms with E-state index in [4.69, 9.17) is 9.47 Å². The maximum Gasteiger partial charge on any atom is 0.336 e. The summed E-state index contributed by atoms with van der Waals surface area (Å²) in [6.45, 7) is 14.3. The predicted octanol–water partition coefficient (Wildman–Crippen LogP) is 4.21. The Morgan fingerprint density at radius 3 is 2.20 bits per heavy atom. The van der Waals surface area contributed by atoms with Crippen molar-refractivity contribution in [2.24, 2.45) is 0 Å².